The molecule has 4 heterocycles. The number of carbonyl (C=O) groups is 1. The number of aromatic amines is 1. The molecule has 5 rings (SSSR count). The maximum Gasteiger partial charge on any atom is 0.420 e. The molecule has 0 unspecified atom stereocenters. The lowest BCUT2D eigenvalue weighted by molar-refractivity contribution is -0.137. The van der Waals surface area contributed by atoms with Crippen LogP contribution in [0.5, 0.6) is 6.01 Å². The second-order valence-electron chi connectivity index (χ2n) is 11.2. The van der Waals surface area contributed by atoms with Crippen LogP contribution in [0.25, 0.3) is 22.6 Å². The van der Waals surface area contributed by atoms with Crippen molar-refractivity contribution in [2.75, 3.05) is 23.9 Å². The van der Waals surface area contributed by atoms with Crippen LogP contribution in [0.1, 0.15) is 45.1 Å². The molecule has 244 valence electrons. The fourth-order valence-corrected chi connectivity index (χ4v) is 5.01. The highest BCUT2D eigenvalue weighted by atomic mass is 35.5. The van der Waals surface area contributed by atoms with Crippen molar-refractivity contribution in [2.45, 2.75) is 63.4 Å². The van der Waals surface area contributed by atoms with Gasteiger partial charge in [0.25, 0.3) is 0 Å². The van der Waals surface area contributed by atoms with Gasteiger partial charge in [-0.15, -0.1) is 0 Å². The smallest absolute Gasteiger partial charge is 0.420 e. The van der Waals surface area contributed by atoms with Crippen molar-refractivity contribution >= 4 is 29.5 Å². The molecule has 4 aromatic heterocycles. The molecular formula is C28H30ClF3N10O4. The average molecular weight is 663 g/mol. The van der Waals surface area contributed by atoms with Gasteiger partial charge in [-0.1, -0.05) is 11.6 Å². The van der Waals surface area contributed by atoms with Crippen molar-refractivity contribution in [3.63, 3.8) is 0 Å². The van der Waals surface area contributed by atoms with E-state index in [9.17, 15) is 23.1 Å². The molecule has 1 fully saturated rings. The minimum atomic E-state index is -4.72. The summed E-state index contributed by atoms with van der Waals surface area (Å²) in [7, 11) is 1.45. The van der Waals surface area contributed by atoms with Crippen LogP contribution in [0, 0.1) is 0 Å². The monoisotopic (exact) mass is 662 g/mol. The molecule has 1 saturated carbocycles. The Hall–Kier alpha value is -4.64. The van der Waals surface area contributed by atoms with Gasteiger partial charge in [-0.2, -0.15) is 18.3 Å². The molecule has 1 aliphatic rings. The van der Waals surface area contributed by atoms with E-state index in [0.29, 0.717) is 43.1 Å². The number of halogens is 4. The predicted molar refractivity (Wildman–Crippen MR) is 159 cm³/mol. The number of aliphatic hydroxyl groups is 1. The zero-order valence-electron chi connectivity index (χ0n) is 24.9. The Morgan fingerprint density at radius 1 is 1.04 bits per heavy atom. The van der Waals surface area contributed by atoms with Gasteiger partial charge in [0, 0.05) is 36.2 Å². The normalized spacial score (nSPS) is 17.0. The van der Waals surface area contributed by atoms with E-state index in [1.165, 1.54) is 56.8 Å². The lowest BCUT2D eigenvalue weighted by Gasteiger charge is -2.36. The number of rotatable bonds is 9. The van der Waals surface area contributed by atoms with E-state index in [-0.39, 0.29) is 47.2 Å². The lowest BCUT2D eigenvalue weighted by Crippen LogP contribution is -2.46. The van der Waals surface area contributed by atoms with Crippen LogP contribution in [-0.2, 0) is 10.9 Å². The number of alkyl halides is 3. The van der Waals surface area contributed by atoms with Crippen LogP contribution in [0.15, 0.2) is 37.2 Å². The molecule has 46 heavy (non-hydrogen) atoms. The van der Waals surface area contributed by atoms with E-state index in [4.69, 9.17) is 21.1 Å². The number of aromatic nitrogens is 8. The van der Waals surface area contributed by atoms with Crippen molar-refractivity contribution in [2.24, 2.45) is 0 Å². The van der Waals surface area contributed by atoms with Crippen LogP contribution >= 0.6 is 11.6 Å². The predicted octanol–water partition coefficient (Wildman–Crippen LogP) is 4.93. The van der Waals surface area contributed by atoms with Crippen LogP contribution in [0.4, 0.5) is 29.7 Å². The molecule has 14 nitrogen and oxygen atoms in total. The maximum absolute atomic E-state index is 13.7. The Balaban J connectivity index is 1.32. The summed E-state index contributed by atoms with van der Waals surface area (Å²) in [5.41, 5.74) is -1.75. The number of carbonyl (C=O) groups excluding carboxylic acids is 1. The van der Waals surface area contributed by atoms with E-state index in [1.54, 1.807) is 0 Å². The topological polar surface area (TPSA) is 177 Å². The summed E-state index contributed by atoms with van der Waals surface area (Å²) in [4.78, 5) is 39.8. The third-order valence-corrected chi connectivity index (χ3v) is 7.34. The Morgan fingerprint density at radius 2 is 1.76 bits per heavy atom. The molecule has 1 aliphatic carbocycles. The first-order valence-electron chi connectivity index (χ1n) is 14.1. The summed E-state index contributed by atoms with van der Waals surface area (Å²) in [5.74, 6) is 0.227. The molecule has 0 aromatic carbocycles. The van der Waals surface area contributed by atoms with Crippen LogP contribution in [0.3, 0.4) is 0 Å². The molecule has 1 amide bonds. The Morgan fingerprint density at radius 3 is 2.33 bits per heavy atom. The van der Waals surface area contributed by atoms with Crippen molar-refractivity contribution in [3.05, 3.63) is 47.8 Å². The molecule has 0 atom stereocenters. The molecule has 18 heteroatoms. The summed E-state index contributed by atoms with van der Waals surface area (Å²) in [5, 5.41) is 19.4. The first kappa shape index (κ1) is 32.7. The van der Waals surface area contributed by atoms with Gasteiger partial charge in [0.1, 0.15) is 23.6 Å². The quantitative estimate of drug-likeness (QED) is 0.220. The number of hydrogen-bond acceptors (Lipinski definition) is 12. The number of amides is 1. The van der Waals surface area contributed by atoms with E-state index in [2.05, 4.69) is 45.4 Å². The highest BCUT2D eigenvalue weighted by molar-refractivity contribution is 6.32. The number of anilines is 2. The highest BCUT2D eigenvalue weighted by Gasteiger charge is 2.37. The van der Waals surface area contributed by atoms with Gasteiger partial charge in [0.05, 0.1) is 42.0 Å². The summed E-state index contributed by atoms with van der Waals surface area (Å²) in [6.45, 7) is 2.78. The van der Waals surface area contributed by atoms with Crippen LogP contribution in [-0.4, -0.2) is 82.7 Å². The fourth-order valence-electron chi connectivity index (χ4n) is 4.83. The maximum atomic E-state index is 13.7. The van der Waals surface area contributed by atoms with Gasteiger partial charge in [-0.05, 0) is 39.5 Å². The van der Waals surface area contributed by atoms with Gasteiger partial charge in [0.15, 0.2) is 5.82 Å². The molecule has 4 aromatic rings. The van der Waals surface area contributed by atoms with Crippen molar-refractivity contribution in [3.8, 4) is 28.7 Å². The number of hydrogen-bond donors (Lipinski definition) is 3. The van der Waals surface area contributed by atoms with Gasteiger partial charge >= 0.3 is 18.3 Å². The number of methoxy groups -OCH3 is 1. The third-order valence-electron chi connectivity index (χ3n) is 7.06. The van der Waals surface area contributed by atoms with Crippen molar-refractivity contribution in [1.82, 2.24) is 40.1 Å². The minimum Gasteiger partial charge on any atom is -0.467 e. The van der Waals surface area contributed by atoms with E-state index in [0.717, 1.165) is 0 Å². The largest absolute Gasteiger partial charge is 0.467 e. The summed E-state index contributed by atoms with van der Waals surface area (Å²) >= 11 is 6.04. The van der Waals surface area contributed by atoms with Crippen molar-refractivity contribution < 1.29 is 32.5 Å². The number of H-pyrrole nitrogens is 1. The van der Waals surface area contributed by atoms with E-state index < -0.39 is 29.1 Å². The molecule has 0 saturated heterocycles. The second kappa shape index (κ2) is 13.4. The highest BCUT2D eigenvalue weighted by Crippen LogP contribution is 2.38. The van der Waals surface area contributed by atoms with Gasteiger partial charge in [-0.25, -0.2) is 29.7 Å². The molecule has 0 bridgehead atoms. The summed E-state index contributed by atoms with van der Waals surface area (Å²) < 4.78 is 51.5. The molecular weight excluding hydrogens is 633 g/mol. The summed E-state index contributed by atoms with van der Waals surface area (Å²) in [6, 6.07) is -0.368. The lowest BCUT2D eigenvalue weighted by atomic mass is 9.90. The summed E-state index contributed by atoms with van der Waals surface area (Å²) in [6.07, 6.45) is 4.44. The Kier molecular flexibility index (Phi) is 9.52. The first-order valence-corrected chi connectivity index (χ1v) is 14.5. The van der Waals surface area contributed by atoms with Crippen LogP contribution in [0.2, 0.25) is 5.02 Å². The Labute approximate surface area is 265 Å². The van der Waals surface area contributed by atoms with Gasteiger partial charge < -0.3 is 19.9 Å². The first-order chi connectivity index (χ1) is 21.8. The van der Waals surface area contributed by atoms with Gasteiger partial charge in [0.2, 0.25) is 5.95 Å². The zero-order chi connectivity index (χ0) is 33.1. The second-order valence-corrected chi connectivity index (χ2v) is 11.6. The molecule has 0 spiro atoms. The van der Waals surface area contributed by atoms with Gasteiger partial charge in [-0.3, -0.25) is 15.0 Å². The average Bonchev–Trinajstić information content (AvgIpc) is 3.46. The molecule has 3 N–H and O–H groups in total. The van der Waals surface area contributed by atoms with E-state index in [1.807, 2.05) is 0 Å². The zero-order valence-corrected chi connectivity index (χ0v) is 25.7. The Bertz CT molecular complexity index is 1640. The van der Waals surface area contributed by atoms with Crippen molar-refractivity contribution in [1.29, 1.82) is 0 Å². The SMILES string of the molecule is COc1ncc(-c2cnc(N(C(=O)OCC(C)(C)O)C3CCC(Nc4ncc(C(F)(F)F)c(-c5[nH]ncc5Cl)n4)CC3)cn2)cn1. The number of ether oxygens (including phenoxy) is 2. The number of nitrogens with zero attached hydrogens (tertiary/aromatic N) is 8. The van der Waals surface area contributed by atoms with Crippen LogP contribution < -0.4 is 15.0 Å². The number of nitrogens with one attached hydrogen (secondary N) is 2. The fraction of sp³-hybridized carbons (Fsp3) is 0.429. The van der Waals surface area contributed by atoms with E-state index >= 15 is 0 Å². The molecule has 0 radical (unpaired) electrons. The third kappa shape index (κ3) is 7.77. The standard InChI is InChI=1S/C28H30ClF3N10O4/c1-27(2,44)14-46-26(43)42(21-13-33-20(12-34-21)15-8-36-25(45-3)37-9-15)17-6-4-16(5-7-17)39-24-35-10-18(28(30,31)32)22(40-24)23-19(29)11-38-41-23/h8-13,16-17,44H,4-7,14H2,1-3H3,(H,38,41)(H,35,39,40). The molecule has 0 aliphatic heterocycles. The minimum absolute atomic E-state index is 0.0115.